The van der Waals surface area contributed by atoms with Gasteiger partial charge in [0, 0.05) is 0 Å². The van der Waals surface area contributed by atoms with Gasteiger partial charge in [-0.15, -0.1) is 0 Å². The monoisotopic (exact) mass is 276 g/mol. The molecule has 0 radical (unpaired) electrons. The lowest BCUT2D eigenvalue weighted by Gasteiger charge is -2.36. The number of benzene rings is 1. The number of hydrogen-bond acceptors (Lipinski definition) is 2. The van der Waals surface area contributed by atoms with E-state index in [1.54, 1.807) is 13.0 Å². The van der Waals surface area contributed by atoms with Gasteiger partial charge in [-0.2, -0.15) is 0 Å². The smallest absolute Gasteiger partial charge is 0.250 e. The van der Waals surface area contributed by atoms with E-state index in [0.29, 0.717) is 0 Å². The molecule has 0 atom stereocenters. The summed E-state index contributed by atoms with van der Waals surface area (Å²) in [4.78, 5) is 10.9. The molecule has 2 nitrogen and oxygen atoms in total. The molecule has 0 fully saturated rings. The molecule has 1 rings (SSSR count). The Morgan fingerprint density at radius 2 is 1.68 bits per heavy atom. The molecule has 0 spiro atoms. The van der Waals surface area contributed by atoms with E-state index in [1.165, 1.54) is 0 Å². The zero-order valence-electron chi connectivity index (χ0n) is 12.8. The zero-order valence-corrected chi connectivity index (χ0v) is 13.8. The van der Waals surface area contributed by atoms with E-state index < -0.39 is 8.32 Å². The van der Waals surface area contributed by atoms with Crippen LogP contribution in [-0.2, 0) is 4.79 Å². The van der Waals surface area contributed by atoms with Crippen LogP contribution in [0.5, 0.6) is 5.75 Å². The van der Waals surface area contributed by atoms with Crippen LogP contribution in [0.25, 0.3) is 6.08 Å². The molecule has 3 heteroatoms. The van der Waals surface area contributed by atoms with Crippen molar-refractivity contribution in [2.75, 3.05) is 0 Å². The Hall–Kier alpha value is -1.35. The molecule has 0 heterocycles. The zero-order chi connectivity index (χ0) is 14.7. The highest BCUT2D eigenvalue weighted by Gasteiger charge is 2.38. The summed E-state index contributed by atoms with van der Waals surface area (Å²) in [5, 5.41) is 0.195. The molecule has 0 bridgehead atoms. The number of carbonyl (C=O) groups excluding carboxylic acids is 1. The average Bonchev–Trinajstić information content (AvgIpc) is 2.26. The summed E-state index contributed by atoms with van der Waals surface area (Å²) >= 11 is 0. The van der Waals surface area contributed by atoms with Crippen LogP contribution in [0.4, 0.5) is 0 Å². The number of hydrogen-bond donors (Lipinski definition) is 0. The average molecular weight is 276 g/mol. The molecule has 1 aromatic carbocycles. The van der Waals surface area contributed by atoms with Crippen LogP contribution in [0.15, 0.2) is 30.3 Å². The highest BCUT2D eigenvalue weighted by molar-refractivity contribution is 6.74. The van der Waals surface area contributed by atoms with Crippen molar-refractivity contribution in [3.05, 3.63) is 35.9 Å². The summed E-state index contributed by atoms with van der Waals surface area (Å²) in [6.07, 6.45) is 3.39. The van der Waals surface area contributed by atoms with Crippen LogP contribution in [0.2, 0.25) is 18.1 Å². The van der Waals surface area contributed by atoms with E-state index in [4.69, 9.17) is 4.43 Å². The fourth-order valence-corrected chi connectivity index (χ4v) is 2.34. The lowest BCUT2D eigenvalue weighted by molar-refractivity contribution is -0.112. The summed E-state index contributed by atoms with van der Waals surface area (Å²) in [5.41, 5.74) is 1.01. The summed E-state index contributed by atoms with van der Waals surface area (Å²) in [5.74, 6) is 0.966. The molecule has 0 aliphatic heterocycles. The van der Waals surface area contributed by atoms with Gasteiger partial charge in [0.15, 0.2) is 5.78 Å². The van der Waals surface area contributed by atoms with E-state index in [9.17, 15) is 4.79 Å². The van der Waals surface area contributed by atoms with Gasteiger partial charge in [0.25, 0.3) is 0 Å². The van der Waals surface area contributed by atoms with Crippen molar-refractivity contribution in [1.29, 1.82) is 0 Å². The minimum Gasteiger partial charge on any atom is -0.544 e. The third-order valence-corrected chi connectivity index (χ3v) is 7.93. The molecule has 0 unspecified atom stereocenters. The molecule has 104 valence electrons. The maximum absolute atomic E-state index is 10.9. The second kappa shape index (κ2) is 5.74. The Labute approximate surface area is 117 Å². The quantitative estimate of drug-likeness (QED) is 0.590. The van der Waals surface area contributed by atoms with Gasteiger partial charge in [0.1, 0.15) is 5.75 Å². The Bertz CT molecular complexity index is 465. The normalized spacial score (nSPS) is 12.7. The molecule has 0 aliphatic rings. The van der Waals surface area contributed by atoms with Gasteiger partial charge >= 0.3 is 0 Å². The first-order chi connectivity index (χ1) is 8.62. The number of ketones is 1. The fourth-order valence-electron chi connectivity index (χ4n) is 1.31. The van der Waals surface area contributed by atoms with Crippen molar-refractivity contribution >= 4 is 20.2 Å². The van der Waals surface area contributed by atoms with Gasteiger partial charge < -0.3 is 4.43 Å². The van der Waals surface area contributed by atoms with Crippen LogP contribution in [-0.4, -0.2) is 14.1 Å². The molecule has 1 aromatic rings. The Morgan fingerprint density at radius 3 is 2.11 bits per heavy atom. The molecular weight excluding hydrogens is 252 g/mol. The molecule has 0 aliphatic carbocycles. The number of rotatable bonds is 4. The molecule has 0 saturated carbocycles. The van der Waals surface area contributed by atoms with Crippen molar-refractivity contribution in [2.45, 2.75) is 45.8 Å². The minimum absolute atomic E-state index is 0.0570. The molecule has 19 heavy (non-hydrogen) atoms. The van der Waals surface area contributed by atoms with E-state index in [-0.39, 0.29) is 10.8 Å². The third kappa shape index (κ3) is 4.67. The van der Waals surface area contributed by atoms with E-state index in [0.717, 1.165) is 11.3 Å². The Kier molecular flexibility index (Phi) is 4.74. The third-order valence-electron chi connectivity index (χ3n) is 3.57. The fraction of sp³-hybridized carbons (Fsp3) is 0.438. The first-order valence-corrected chi connectivity index (χ1v) is 9.50. The van der Waals surface area contributed by atoms with Crippen LogP contribution < -0.4 is 4.43 Å². The van der Waals surface area contributed by atoms with Crippen LogP contribution >= 0.6 is 0 Å². The van der Waals surface area contributed by atoms with Gasteiger partial charge in [0.05, 0.1) is 0 Å². The SMILES string of the molecule is CC(=O)C=Cc1ccc(O[Si](C)(C)C(C)(C)C)cc1. The second-order valence-electron chi connectivity index (χ2n) is 6.38. The Morgan fingerprint density at radius 1 is 1.16 bits per heavy atom. The first kappa shape index (κ1) is 15.7. The van der Waals surface area contributed by atoms with Gasteiger partial charge in [-0.25, -0.2) is 0 Å². The van der Waals surface area contributed by atoms with Crippen molar-refractivity contribution in [3.63, 3.8) is 0 Å². The van der Waals surface area contributed by atoms with Crippen LogP contribution in [0.1, 0.15) is 33.3 Å². The van der Waals surface area contributed by atoms with E-state index in [1.807, 2.05) is 30.3 Å². The summed E-state index contributed by atoms with van der Waals surface area (Å²) in [6.45, 7) is 12.7. The van der Waals surface area contributed by atoms with Crippen molar-refractivity contribution in [1.82, 2.24) is 0 Å². The van der Waals surface area contributed by atoms with Gasteiger partial charge in [-0.05, 0) is 48.8 Å². The molecule has 0 aromatic heterocycles. The van der Waals surface area contributed by atoms with Crippen LogP contribution in [0.3, 0.4) is 0 Å². The number of allylic oxidation sites excluding steroid dienone is 1. The lowest BCUT2D eigenvalue weighted by atomic mass is 10.2. The Balaban J connectivity index is 2.81. The van der Waals surface area contributed by atoms with Crippen molar-refractivity contribution < 1.29 is 9.22 Å². The summed E-state index contributed by atoms with van der Waals surface area (Å²) in [6, 6.07) is 7.89. The van der Waals surface area contributed by atoms with Gasteiger partial charge in [-0.3, -0.25) is 4.79 Å². The predicted molar refractivity (Wildman–Crippen MR) is 84.0 cm³/mol. The lowest BCUT2D eigenvalue weighted by Crippen LogP contribution is -2.43. The van der Waals surface area contributed by atoms with Crippen LogP contribution in [0, 0.1) is 0 Å². The second-order valence-corrected chi connectivity index (χ2v) is 11.1. The maximum atomic E-state index is 10.9. The largest absolute Gasteiger partial charge is 0.544 e. The topological polar surface area (TPSA) is 26.3 Å². The summed E-state index contributed by atoms with van der Waals surface area (Å²) in [7, 11) is -1.77. The first-order valence-electron chi connectivity index (χ1n) is 6.59. The molecule has 0 saturated heterocycles. The van der Waals surface area contributed by atoms with E-state index >= 15 is 0 Å². The van der Waals surface area contributed by atoms with E-state index in [2.05, 4.69) is 33.9 Å². The highest BCUT2D eigenvalue weighted by Crippen LogP contribution is 2.37. The van der Waals surface area contributed by atoms with Crippen molar-refractivity contribution in [3.8, 4) is 5.75 Å². The van der Waals surface area contributed by atoms with Gasteiger partial charge in [-0.1, -0.05) is 39.0 Å². The summed E-state index contributed by atoms with van der Waals surface area (Å²) < 4.78 is 6.19. The van der Waals surface area contributed by atoms with Gasteiger partial charge in [0.2, 0.25) is 8.32 Å². The molecule has 0 amide bonds. The van der Waals surface area contributed by atoms with Crippen molar-refractivity contribution in [2.24, 2.45) is 0 Å². The predicted octanol–water partition coefficient (Wildman–Crippen LogP) is 4.67. The molecular formula is C16H24O2Si. The maximum Gasteiger partial charge on any atom is 0.250 e. The number of carbonyl (C=O) groups is 1. The standard InChI is InChI=1S/C16H24O2Si/c1-13(17)7-8-14-9-11-15(12-10-14)18-19(5,6)16(2,3)4/h7-12H,1-6H3. The minimum atomic E-state index is -1.77. The molecule has 0 N–H and O–H groups in total. The highest BCUT2D eigenvalue weighted by atomic mass is 28.4.